The fraction of sp³-hybridized carbons (Fsp3) is 0.123. The number of hydrogen-bond acceptors (Lipinski definition) is 2. The molecular weight excluding hydrogens is 715 g/mol. The summed E-state index contributed by atoms with van der Waals surface area (Å²) >= 11 is 0. The van der Waals surface area contributed by atoms with Gasteiger partial charge in [0.15, 0.2) is 0 Å². The zero-order chi connectivity index (χ0) is 39.9. The van der Waals surface area contributed by atoms with Crippen molar-refractivity contribution >= 4 is 28.0 Å². The molecule has 0 saturated heterocycles. The molecular formula is C57H45NO. The first kappa shape index (κ1) is 35.3. The number of hydrogen-bond donors (Lipinski definition) is 0. The van der Waals surface area contributed by atoms with E-state index in [-0.39, 0.29) is 0 Å². The van der Waals surface area contributed by atoms with Crippen molar-refractivity contribution < 1.29 is 4.42 Å². The highest BCUT2D eigenvalue weighted by molar-refractivity contribution is 6.16. The Morgan fingerprint density at radius 2 is 1.03 bits per heavy atom. The highest BCUT2D eigenvalue weighted by Crippen LogP contribution is 2.58. The van der Waals surface area contributed by atoms with Crippen molar-refractivity contribution in [1.29, 1.82) is 0 Å². The molecule has 59 heavy (non-hydrogen) atoms. The first-order valence-electron chi connectivity index (χ1n) is 21.0. The van der Waals surface area contributed by atoms with E-state index in [1.54, 1.807) is 0 Å². The molecule has 2 heteroatoms. The van der Waals surface area contributed by atoms with E-state index in [0.29, 0.717) is 5.92 Å². The third kappa shape index (κ3) is 5.47. The van der Waals surface area contributed by atoms with Crippen LogP contribution in [0, 0.1) is 20.8 Å². The molecule has 6 bridgehead atoms. The van der Waals surface area contributed by atoms with E-state index >= 15 is 0 Å². The number of nitrogens with zero attached hydrogens (tertiary/aromatic N) is 1. The van der Waals surface area contributed by atoms with Crippen molar-refractivity contribution in [2.45, 2.75) is 47.0 Å². The molecule has 2 aliphatic rings. The molecule has 284 valence electrons. The molecule has 0 saturated carbocycles. The minimum absolute atomic E-state index is 0.433. The van der Waals surface area contributed by atoms with E-state index < -0.39 is 0 Å². The van der Waals surface area contributed by atoms with Gasteiger partial charge in [-0.1, -0.05) is 129 Å². The first-order valence-corrected chi connectivity index (χ1v) is 21.0. The van der Waals surface area contributed by atoms with Crippen LogP contribution < -0.4 is 4.90 Å². The van der Waals surface area contributed by atoms with Gasteiger partial charge in [-0.15, -0.1) is 0 Å². The zero-order valence-corrected chi connectivity index (χ0v) is 34.2. The maximum atomic E-state index is 6.46. The van der Waals surface area contributed by atoms with Gasteiger partial charge in [0.05, 0.1) is 0 Å². The van der Waals surface area contributed by atoms with Crippen LogP contribution in [0.5, 0.6) is 0 Å². The van der Waals surface area contributed by atoms with Crippen molar-refractivity contribution in [3.63, 3.8) is 0 Å². The van der Waals surface area contributed by atoms with Crippen LogP contribution in [0.25, 0.3) is 88.9 Å². The number of benzene rings is 8. The van der Waals surface area contributed by atoms with E-state index in [0.717, 1.165) is 34.8 Å². The second-order valence-corrected chi connectivity index (χ2v) is 16.5. The van der Waals surface area contributed by atoms with Crippen molar-refractivity contribution in [3.8, 4) is 77.9 Å². The Bertz CT molecular complexity index is 3110. The van der Waals surface area contributed by atoms with E-state index in [1.165, 1.54) is 100.0 Å². The van der Waals surface area contributed by atoms with Gasteiger partial charge >= 0.3 is 0 Å². The molecule has 0 amide bonds. The summed E-state index contributed by atoms with van der Waals surface area (Å²) in [5.74, 6) is 1.44. The Labute approximate surface area is 347 Å². The van der Waals surface area contributed by atoms with Gasteiger partial charge < -0.3 is 9.32 Å². The first-order chi connectivity index (χ1) is 28.9. The van der Waals surface area contributed by atoms with Gasteiger partial charge in [0.2, 0.25) is 0 Å². The van der Waals surface area contributed by atoms with Crippen LogP contribution >= 0.6 is 0 Å². The topological polar surface area (TPSA) is 16.4 Å². The zero-order valence-electron chi connectivity index (χ0n) is 34.2. The van der Waals surface area contributed by atoms with Crippen LogP contribution in [0.2, 0.25) is 0 Å². The monoisotopic (exact) mass is 759 g/mol. The quantitative estimate of drug-likeness (QED) is 0.161. The van der Waals surface area contributed by atoms with Crippen LogP contribution in [-0.4, -0.2) is 0 Å². The van der Waals surface area contributed by atoms with Crippen LogP contribution in [0.1, 0.15) is 48.6 Å². The highest BCUT2D eigenvalue weighted by Gasteiger charge is 2.32. The van der Waals surface area contributed by atoms with Crippen LogP contribution in [0.15, 0.2) is 168 Å². The second kappa shape index (κ2) is 13.6. The van der Waals surface area contributed by atoms with Crippen molar-refractivity contribution in [2.24, 2.45) is 0 Å². The maximum Gasteiger partial charge on any atom is 0.136 e. The van der Waals surface area contributed by atoms with Gasteiger partial charge in [-0.2, -0.15) is 0 Å². The molecule has 8 aromatic carbocycles. The summed E-state index contributed by atoms with van der Waals surface area (Å²) in [4.78, 5) is 2.35. The summed E-state index contributed by atoms with van der Waals surface area (Å²) in [6.07, 6.45) is 1.07. The molecule has 0 N–H and O–H groups in total. The molecule has 0 spiro atoms. The Morgan fingerprint density at radius 1 is 0.458 bits per heavy atom. The number of aryl methyl sites for hydroxylation is 2. The average Bonchev–Trinajstić information content (AvgIpc) is 3.54. The summed E-state index contributed by atoms with van der Waals surface area (Å²) in [6.45, 7) is 11.2. The molecule has 0 fully saturated rings. The Morgan fingerprint density at radius 3 is 1.75 bits per heavy atom. The smallest absolute Gasteiger partial charge is 0.136 e. The maximum absolute atomic E-state index is 6.46. The number of furan rings is 1. The fourth-order valence-corrected chi connectivity index (χ4v) is 9.99. The summed E-state index contributed by atoms with van der Waals surface area (Å²) < 4.78 is 6.46. The normalized spacial score (nSPS) is 12.5. The average molecular weight is 760 g/mol. The van der Waals surface area contributed by atoms with Crippen LogP contribution in [0.4, 0.5) is 17.1 Å². The number of anilines is 3. The largest absolute Gasteiger partial charge is 0.461 e. The van der Waals surface area contributed by atoms with Gasteiger partial charge in [-0.25, -0.2) is 0 Å². The predicted octanol–water partition coefficient (Wildman–Crippen LogP) is 16.6. The molecule has 0 aliphatic heterocycles. The van der Waals surface area contributed by atoms with Crippen molar-refractivity contribution in [2.75, 3.05) is 4.90 Å². The lowest BCUT2D eigenvalue weighted by Gasteiger charge is -2.26. The van der Waals surface area contributed by atoms with Crippen molar-refractivity contribution in [1.82, 2.24) is 0 Å². The Hall–Kier alpha value is -6.90. The third-order valence-electron chi connectivity index (χ3n) is 13.2. The lowest BCUT2D eigenvalue weighted by Crippen LogP contribution is -2.09. The van der Waals surface area contributed by atoms with E-state index in [2.05, 4.69) is 203 Å². The lowest BCUT2D eigenvalue weighted by atomic mass is 9.80. The number of rotatable bonds is 7. The molecule has 2 nitrogen and oxygen atoms in total. The summed E-state index contributed by atoms with van der Waals surface area (Å²) in [5.41, 5.74) is 26.2. The van der Waals surface area contributed by atoms with Gasteiger partial charge in [0.1, 0.15) is 11.3 Å². The summed E-state index contributed by atoms with van der Waals surface area (Å²) in [7, 11) is 0. The van der Waals surface area contributed by atoms with Crippen molar-refractivity contribution in [3.05, 3.63) is 186 Å². The predicted molar refractivity (Wildman–Crippen MR) is 249 cm³/mol. The molecule has 1 heterocycles. The molecule has 1 atom stereocenters. The molecule has 0 radical (unpaired) electrons. The number of fused-ring (bicyclic) bond motifs is 5. The third-order valence-corrected chi connectivity index (χ3v) is 13.2. The Kier molecular flexibility index (Phi) is 8.13. The summed E-state index contributed by atoms with van der Waals surface area (Å²) in [6, 6.07) is 60.7. The molecule has 2 aliphatic carbocycles. The molecule has 9 aromatic rings. The van der Waals surface area contributed by atoms with E-state index in [9.17, 15) is 0 Å². The van der Waals surface area contributed by atoms with Crippen LogP contribution in [0.3, 0.4) is 0 Å². The van der Waals surface area contributed by atoms with E-state index in [1.807, 2.05) is 0 Å². The molecule has 1 unspecified atom stereocenters. The van der Waals surface area contributed by atoms with Gasteiger partial charge in [0.25, 0.3) is 0 Å². The summed E-state index contributed by atoms with van der Waals surface area (Å²) in [5, 5.41) is 1.20. The minimum Gasteiger partial charge on any atom is -0.461 e. The van der Waals surface area contributed by atoms with Gasteiger partial charge in [0, 0.05) is 34.1 Å². The lowest BCUT2D eigenvalue weighted by molar-refractivity contribution is 0.563. The minimum atomic E-state index is 0.433. The SMILES string of the molecule is CCC(C)c1c(C)oc2cc(N(c3ccc(-c4ccccc4)cc3)c3ccc(-c4ccc5c(c4)-c4c6cccc4-c4cc(C)c(C)c-5c4-c4ccccc4-6)cc3)ccc12. The molecule has 1 aromatic heterocycles. The van der Waals surface area contributed by atoms with Crippen LogP contribution in [-0.2, 0) is 0 Å². The highest BCUT2D eigenvalue weighted by atomic mass is 16.3. The fourth-order valence-electron chi connectivity index (χ4n) is 9.99. The second-order valence-electron chi connectivity index (χ2n) is 16.5. The Balaban J connectivity index is 1.04. The standard InChI is InChI=1S/C57H45NO/c1-6-34(2)54-37(5)59-53-33-44(28-30-50(53)54)58(42-24-19-39(20-25-42)38-13-8-7-9-14-38)43-26-21-40(22-27-43)41-23-29-49-52(32-41)56-46-17-12-18-48(56)51-31-35(3)36(4)55(49)57(51)47-16-11-10-15-45(46)47/h7-34H,6H2,1-5H3. The van der Waals surface area contributed by atoms with Gasteiger partial charge in [-0.05, 0) is 165 Å². The van der Waals surface area contributed by atoms with Gasteiger partial charge in [-0.3, -0.25) is 0 Å². The van der Waals surface area contributed by atoms with E-state index in [4.69, 9.17) is 4.42 Å². The molecule has 11 rings (SSSR count).